The molecular weight excluding hydrogens is 775 g/mol. The largest absolute Gasteiger partial charge is 0.870 e. The molecule has 1 aliphatic carbocycles. The molecule has 18 heteroatoms. The predicted octanol–water partition coefficient (Wildman–Crippen LogP) is 5.62. The number of carbonyl (C=O) groups excluding carboxylic acids is 2. The number of pyridine rings is 1. The Balaban J connectivity index is 0.00000650. The number of ketones is 1. The lowest BCUT2D eigenvalue weighted by Crippen LogP contribution is -2.43. The second-order valence-electron chi connectivity index (χ2n) is 12.8. The molecule has 2 heterocycles. The molecule has 0 radical (unpaired) electrons. The number of Topliss-reactive ketones (excluding diaryl/α,β-unsaturated/α-hetero) is 1. The molecule has 54 heavy (non-hydrogen) atoms. The summed E-state index contributed by atoms with van der Waals surface area (Å²) in [5.41, 5.74) is 1.24. The van der Waals surface area contributed by atoms with E-state index in [4.69, 9.17) is 42.1 Å². The van der Waals surface area contributed by atoms with Gasteiger partial charge < -0.3 is 29.2 Å². The molecule has 0 amide bonds. The first-order valence-electron chi connectivity index (χ1n) is 17.1. The van der Waals surface area contributed by atoms with Gasteiger partial charge in [-0.1, -0.05) is 29.3 Å². The number of carbonyl (C=O) groups is 2. The van der Waals surface area contributed by atoms with Crippen LogP contribution in [0.15, 0.2) is 48.8 Å². The first-order valence-corrected chi connectivity index (χ1v) is 19.7. The van der Waals surface area contributed by atoms with Crippen LogP contribution < -0.4 is 23.5 Å². The lowest BCUT2D eigenvalue weighted by molar-refractivity contribution is -0.377. The molecule has 1 aromatic heterocycles. The quantitative estimate of drug-likeness (QED) is 0.109. The van der Waals surface area contributed by atoms with Crippen molar-refractivity contribution in [2.75, 3.05) is 63.7 Å². The molecule has 5 rings (SSSR count). The number of nitrogens with zero attached hydrogens (tertiary/aromatic N) is 2. The fraction of sp³-hybridized carbons (Fsp3) is 0.472. The van der Waals surface area contributed by atoms with Gasteiger partial charge in [-0.2, -0.15) is 8.78 Å². The van der Waals surface area contributed by atoms with Crippen LogP contribution in [0.1, 0.15) is 53.3 Å². The number of hydrogen-bond donors (Lipinski definition) is 0. The van der Waals surface area contributed by atoms with E-state index in [1.165, 1.54) is 60.2 Å². The van der Waals surface area contributed by atoms with Crippen molar-refractivity contribution in [3.8, 4) is 17.2 Å². The van der Waals surface area contributed by atoms with Crippen molar-refractivity contribution < 1.29 is 60.9 Å². The van der Waals surface area contributed by atoms with Gasteiger partial charge in [0.05, 0.1) is 45.3 Å². The highest BCUT2D eigenvalue weighted by Crippen LogP contribution is 2.38. The molecule has 1 saturated carbocycles. The second-order valence-corrected chi connectivity index (χ2v) is 15.5. The maximum Gasteiger partial charge on any atom is 0.387 e. The number of benzene rings is 2. The third kappa shape index (κ3) is 12.1. The molecule has 0 unspecified atom stereocenters. The fourth-order valence-corrected chi connectivity index (χ4v) is 7.21. The van der Waals surface area contributed by atoms with Crippen LogP contribution in [-0.2, 0) is 30.7 Å². The third-order valence-corrected chi connectivity index (χ3v) is 10.7. The molecule has 1 saturated heterocycles. The zero-order chi connectivity index (χ0) is 38.1. The Labute approximate surface area is 322 Å². The summed E-state index contributed by atoms with van der Waals surface area (Å²) in [6.45, 7) is 0.240. The molecule has 2 aliphatic rings. The van der Waals surface area contributed by atoms with E-state index in [0.717, 1.165) is 19.1 Å². The van der Waals surface area contributed by atoms with E-state index in [1.54, 1.807) is 0 Å². The maximum atomic E-state index is 13.4. The highest BCUT2D eigenvalue weighted by Gasteiger charge is 2.28. The first-order chi connectivity index (χ1) is 25.3. The predicted molar refractivity (Wildman–Crippen MR) is 195 cm³/mol. The van der Waals surface area contributed by atoms with Crippen molar-refractivity contribution >= 4 is 50.7 Å². The van der Waals surface area contributed by atoms with Crippen LogP contribution in [0.3, 0.4) is 0 Å². The molecule has 1 atom stereocenters. The SMILES string of the molecule is COc1ccc(C(=O)CCC(=O)O[C@@H](Cc2c(Cl)c[nH+]cc2Cl)c2ccc(OC(F)F)c(OCC3CC3)c2)cc1N(CCN1CCOCC1)S(C)(=O)=O.[OH-]. The van der Waals surface area contributed by atoms with Crippen molar-refractivity contribution in [3.63, 3.8) is 0 Å². The number of anilines is 1. The van der Waals surface area contributed by atoms with Gasteiger partial charge in [-0.3, -0.25) is 18.8 Å². The Morgan fingerprint density at radius 1 is 1.02 bits per heavy atom. The number of hydrogen-bond acceptors (Lipinski definition) is 11. The van der Waals surface area contributed by atoms with Gasteiger partial charge in [-0.05, 0) is 54.7 Å². The number of halogens is 4. The molecule has 2 fully saturated rings. The molecule has 0 bridgehead atoms. The van der Waals surface area contributed by atoms with E-state index >= 15 is 0 Å². The fourth-order valence-electron chi connectivity index (χ4n) is 5.77. The normalized spacial score (nSPS) is 15.2. The number of aromatic nitrogens is 1. The number of sulfonamides is 1. The van der Waals surface area contributed by atoms with Crippen molar-refractivity contribution in [2.24, 2.45) is 5.92 Å². The van der Waals surface area contributed by atoms with Gasteiger partial charge in [0.15, 0.2) is 29.7 Å². The van der Waals surface area contributed by atoms with Crippen LogP contribution in [0, 0.1) is 5.92 Å². The van der Waals surface area contributed by atoms with E-state index in [-0.39, 0.29) is 69.8 Å². The van der Waals surface area contributed by atoms with Crippen LogP contribution in [0.25, 0.3) is 0 Å². The monoisotopic (exact) mass is 817 g/mol. The van der Waals surface area contributed by atoms with E-state index in [9.17, 15) is 26.8 Å². The Hall–Kier alpha value is -3.80. The molecule has 296 valence electrons. The smallest absolute Gasteiger partial charge is 0.387 e. The Kier molecular flexibility index (Phi) is 15.7. The number of rotatable bonds is 19. The minimum atomic E-state index is -3.77. The number of aromatic amines is 1. The summed E-state index contributed by atoms with van der Waals surface area (Å²) in [5.74, 6) is -0.694. The van der Waals surface area contributed by atoms with E-state index in [0.29, 0.717) is 56.5 Å². The third-order valence-electron chi connectivity index (χ3n) is 8.84. The zero-order valence-corrected chi connectivity index (χ0v) is 32.1. The molecule has 0 spiro atoms. The Bertz CT molecular complexity index is 1840. The summed E-state index contributed by atoms with van der Waals surface area (Å²) < 4.78 is 80.7. The van der Waals surface area contributed by atoms with E-state index < -0.39 is 34.5 Å². The number of morpholine rings is 1. The lowest BCUT2D eigenvalue weighted by atomic mass is 10.0. The van der Waals surface area contributed by atoms with Crippen LogP contribution in [0.4, 0.5) is 14.5 Å². The van der Waals surface area contributed by atoms with Crippen molar-refractivity contribution in [2.45, 2.75) is 44.8 Å². The van der Waals surface area contributed by atoms with Crippen LogP contribution in [0.5, 0.6) is 17.2 Å². The van der Waals surface area contributed by atoms with Gasteiger partial charge >= 0.3 is 12.6 Å². The maximum absolute atomic E-state index is 13.4. The minimum Gasteiger partial charge on any atom is -0.870 e. The standard InChI is InChI=1S/C36H41Cl2F2N3O9S.H2O/c1-48-31-8-5-24(17-29(31)43(53(2,46)47)12-11-42-13-15-49-16-14-42)30(44)7-10-35(45)51-33(19-26-27(37)20-41-21-28(26)38)25-6-9-32(52-36(39)40)34(18-25)50-22-23-3-4-23;/h5-6,8-9,17-18,20-21,23,33,36H,3-4,7,10-16,19,22H2,1-2H3;1H2/t33-;/m0./s1. The van der Waals surface area contributed by atoms with E-state index in [1.807, 2.05) is 0 Å². The summed E-state index contributed by atoms with van der Waals surface area (Å²) >= 11 is 12.9. The first kappa shape index (κ1) is 42.9. The zero-order valence-electron chi connectivity index (χ0n) is 29.8. The highest BCUT2D eigenvalue weighted by atomic mass is 35.5. The molecule has 13 nitrogen and oxygen atoms in total. The Morgan fingerprint density at radius 2 is 1.70 bits per heavy atom. The Morgan fingerprint density at radius 3 is 2.33 bits per heavy atom. The molecule has 2 N–H and O–H groups in total. The van der Waals surface area contributed by atoms with E-state index in [2.05, 4.69) is 14.6 Å². The summed E-state index contributed by atoms with van der Waals surface area (Å²) in [4.78, 5) is 31.7. The van der Waals surface area contributed by atoms with Crippen LogP contribution in [-0.4, -0.2) is 96.5 Å². The number of methoxy groups -OCH3 is 1. The number of alkyl halides is 2. The van der Waals surface area contributed by atoms with Crippen molar-refractivity contribution in [1.29, 1.82) is 0 Å². The van der Waals surface area contributed by atoms with Crippen molar-refractivity contribution in [1.82, 2.24) is 4.90 Å². The average molecular weight is 819 g/mol. The summed E-state index contributed by atoms with van der Waals surface area (Å²) in [7, 11) is -2.37. The molecule has 3 aromatic rings. The van der Waals surface area contributed by atoms with Crippen molar-refractivity contribution in [3.05, 3.63) is 75.5 Å². The topological polar surface area (TPSA) is 165 Å². The van der Waals surface area contributed by atoms with Gasteiger partial charge in [-0.25, -0.2) is 13.4 Å². The number of nitrogens with one attached hydrogen (secondary N) is 1. The highest BCUT2D eigenvalue weighted by molar-refractivity contribution is 7.92. The molecule has 2 aromatic carbocycles. The summed E-state index contributed by atoms with van der Waals surface area (Å²) in [6.07, 6.45) is 4.46. The van der Waals surface area contributed by atoms with Gasteiger partial charge in [0.1, 0.15) is 21.9 Å². The molecular formula is C36H43Cl2F2N3O10S. The number of esters is 1. The van der Waals surface area contributed by atoms with Gasteiger partial charge in [-0.15, -0.1) is 0 Å². The van der Waals surface area contributed by atoms with Crippen LogP contribution >= 0.6 is 23.2 Å². The number of H-pyrrole nitrogens is 1. The minimum absolute atomic E-state index is 0. The second kappa shape index (κ2) is 19.7. The lowest BCUT2D eigenvalue weighted by Gasteiger charge is -2.30. The van der Waals surface area contributed by atoms with Gasteiger partial charge in [0.25, 0.3) is 0 Å². The van der Waals surface area contributed by atoms with Crippen LogP contribution in [0.2, 0.25) is 10.0 Å². The summed E-state index contributed by atoms with van der Waals surface area (Å²) in [6, 6.07) is 8.73. The number of ether oxygens (including phenoxy) is 5. The summed E-state index contributed by atoms with van der Waals surface area (Å²) in [5, 5.41) is 0.556. The molecule has 1 aliphatic heterocycles. The average Bonchev–Trinajstić information content (AvgIpc) is 3.96. The van der Waals surface area contributed by atoms with Gasteiger partial charge in [0.2, 0.25) is 10.0 Å². The van der Waals surface area contributed by atoms with Gasteiger partial charge in [0, 0.05) is 50.1 Å².